The lowest BCUT2D eigenvalue weighted by atomic mass is 10.2. The fourth-order valence-corrected chi connectivity index (χ4v) is 2.87. The van der Waals surface area contributed by atoms with Gasteiger partial charge in [0.1, 0.15) is 5.69 Å². The van der Waals surface area contributed by atoms with Gasteiger partial charge in [0.15, 0.2) is 0 Å². The van der Waals surface area contributed by atoms with Crippen molar-refractivity contribution < 1.29 is 4.79 Å². The zero-order valence-corrected chi connectivity index (χ0v) is 14.0. The van der Waals surface area contributed by atoms with Gasteiger partial charge in [-0.05, 0) is 11.6 Å². The van der Waals surface area contributed by atoms with Crippen LogP contribution in [0.5, 0.6) is 0 Å². The molecule has 0 saturated carbocycles. The highest BCUT2D eigenvalue weighted by Crippen LogP contribution is 2.19. The molecular formula is C20H17N5O. The molecule has 6 heteroatoms. The van der Waals surface area contributed by atoms with E-state index in [2.05, 4.69) is 27.4 Å². The van der Waals surface area contributed by atoms with Crippen LogP contribution in [-0.2, 0) is 13.1 Å². The Kier molecular flexibility index (Phi) is 4.38. The van der Waals surface area contributed by atoms with E-state index >= 15 is 0 Å². The van der Waals surface area contributed by atoms with E-state index in [4.69, 9.17) is 5.10 Å². The van der Waals surface area contributed by atoms with E-state index in [1.165, 1.54) is 24.2 Å². The fourth-order valence-electron chi connectivity index (χ4n) is 2.87. The first kappa shape index (κ1) is 16.0. The van der Waals surface area contributed by atoms with Crippen molar-refractivity contribution >= 4 is 16.8 Å². The standard InChI is InChI=1S/C20H17N5O/c26-20(18-12-21-10-11-22-18)23-13-17-16-8-4-5-9-19(16)25(24-17)14-15-6-2-1-3-7-15/h1-12H,13-14H2,(H,23,26). The number of para-hydroxylation sites is 1. The average molecular weight is 343 g/mol. The first-order chi connectivity index (χ1) is 12.8. The number of carbonyl (C=O) groups is 1. The maximum absolute atomic E-state index is 12.2. The number of amides is 1. The number of aromatic nitrogens is 4. The van der Waals surface area contributed by atoms with Gasteiger partial charge in [0.05, 0.1) is 30.5 Å². The molecular weight excluding hydrogens is 326 g/mol. The minimum absolute atomic E-state index is 0.264. The van der Waals surface area contributed by atoms with Crippen LogP contribution in [0.25, 0.3) is 10.9 Å². The van der Waals surface area contributed by atoms with Gasteiger partial charge in [-0.1, -0.05) is 48.5 Å². The fraction of sp³-hybridized carbons (Fsp3) is 0.100. The molecule has 0 aliphatic heterocycles. The zero-order chi connectivity index (χ0) is 17.8. The first-order valence-corrected chi connectivity index (χ1v) is 8.34. The van der Waals surface area contributed by atoms with Gasteiger partial charge in [-0.25, -0.2) is 4.98 Å². The molecule has 0 radical (unpaired) electrons. The minimum Gasteiger partial charge on any atom is -0.345 e. The summed E-state index contributed by atoms with van der Waals surface area (Å²) in [6.07, 6.45) is 4.48. The Balaban J connectivity index is 1.58. The number of fused-ring (bicyclic) bond motifs is 1. The quantitative estimate of drug-likeness (QED) is 0.605. The highest BCUT2D eigenvalue weighted by atomic mass is 16.1. The third kappa shape index (κ3) is 3.30. The third-order valence-electron chi connectivity index (χ3n) is 4.12. The molecule has 4 rings (SSSR count). The normalized spacial score (nSPS) is 10.8. The molecule has 0 spiro atoms. The lowest BCUT2D eigenvalue weighted by molar-refractivity contribution is 0.0945. The van der Waals surface area contributed by atoms with E-state index in [-0.39, 0.29) is 5.91 Å². The number of carbonyl (C=O) groups excluding carboxylic acids is 1. The molecule has 0 atom stereocenters. The molecule has 0 aliphatic carbocycles. The Bertz CT molecular complexity index is 1030. The van der Waals surface area contributed by atoms with Crippen LogP contribution < -0.4 is 5.32 Å². The van der Waals surface area contributed by atoms with Crippen LogP contribution in [-0.4, -0.2) is 25.7 Å². The molecule has 128 valence electrons. The summed E-state index contributed by atoms with van der Waals surface area (Å²) in [5.74, 6) is -0.264. The molecule has 2 aromatic carbocycles. The van der Waals surface area contributed by atoms with E-state index < -0.39 is 0 Å². The second-order valence-electron chi connectivity index (χ2n) is 5.88. The van der Waals surface area contributed by atoms with Crippen LogP contribution in [0.15, 0.2) is 73.2 Å². The van der Waals surface area contributed by atoms with Crippen molar-refractivity contribution in [1.29, 1.82) is 0 Å². The van der Waals surface area contributed by atoms with Gasteiger partial charge in [0.25, 0.3) is 5.91 Å². The Morgan fingerprint density at radius 3 is 2.62 bits per heavy atom. The zero-order valence-electron chi connectivity index (χ0n) is 14.0. The lowest BCUT2D eigenvalue weighted by Crippen LogP contribution is -2.24. The number of nitrogens with one attached hydrogen (secondary N) is 1. The highest BCUT2D eigenvalue weighted by Gasteiger charge is 2.13. The summed E-state index contributed by atoms with van der Waals surface area (Å²) >= 11 is 0. The van der Waals surface area contributed by atoms with Crippen molar-refractivity contribution in [3.05, 3.63) is 90.1 Å². The summed E-state index contributed by atoms with van der Waals surface area (Å²) in [4.78, 5) is 20.1. The lowest BCUT2D eigenvalue weighted by Gasteiger charge is -2.03. The van der Waals surface area contributed by atoms with Gasteiger partial charge in [-0.3, -0.25) is 14.5 Å². The Morgan fingerprint density at radius 2 is 1.81 bits per heavy atom. The molecule has 1 N–H and O–H groups in total. The molecule has 26 heavy (non-hydrogen) atoms. The van der Waals surface area contributed by atoms with Crippen molar-refractivity contribution in [1.82, 2.24) is 25.1 Å². The van der Waals surface area contributed by atoms with Crippen LogP contribution in [0.3, 0.4) is 0 Å². The maximum Gasteiger partial charge on any atom is 0.271 e. The number of nitrogens with zero attached hydrogens (tertiary/aromatic N) is 4. The number of hydrogen-bond acceptors (Lipinski definition) is 4. The Morgan fingerprint density at radius 1 is 1.00 bits per heavy atom. The minimum atomic E-state index is -0.264. The van der Waals surface area contributed by atoms with Crippen molar-refractivity contribution in [2.45, 2.75) is 13.1 Å². The second-order valence-corrected chi connectivity index (χ2v) is 5.88. The van der Waals surface area contributed by atoms with E-state index in [0.717, 1.165) is 16.6 Å². The summed E-state index contributed by atoms with van der Waals surface area (Å²) < 4.78 is 1.97. The van der Waals surface area contributed by atoms with Gasteiger partial charge in [-0.15, -0.1) is 0 Å². The van der Waals surface area contributed by atoms with Gasteiger partial charge in [-0.2, -0.15) is 5.10 Å². The van der Waals surface area contributed by atoms with E-state index in [1.807, 2.05) is 47.1 Å². The predicted molar refractivity (Wildman–Crippen MR) is 98.5 cm³/mol. The van der Waals surface area contributed by atoms with Gasteiger partial charge < -0.3 is 5.32 Å². The molecule has 2 heterocycles. The topological polar surface area (TPSA) is 72.7 Å². The average Bonchev–Trinajstić information content (AvgIpc) is 3.05. The van der Waals surface area contributed by atoms with Gasteiger partial charge >= 0.3 is 0 Å². The molecule has 0 bridgehead atoms. The maximum atomic E-state index is 12.2. The van der Waals surface area contributed by atoms with Crippen LogP contribution in [0, 0.1) is 0 Å². The molecule has 0 aliphatic rings. The van der Waals surface area contributed by atoms with Crippen LogP contribution in [0.4, 0.5) is 0 Å². The van der Waals surface area contributed by atoms with Crippen molar-refractivity contribution in [3.63, 3.8) is 0 Å². The monoisotopic (exact) mass is 343 g/mol. The molecule has 0 saturated heterocycles. The molecule has 1 amide bonds. The van der Waals surface area contributed by atoms with E-state index in [1.54, 1.807) is 0 Å². The summed E-state index contributed by atoms with van der Waals surface area (Å²) in [6, 6.07) is 18.2. The SMILES string of the molecule is O=C(NCc1nn(Cc2ccccc2)c2ccccc12)c1cnccn1. The summed E-state index contributed by atoms with van der Waals surface area (Å²) in [5.41, 5.74) is 3.34. The molecule has 4 aromatic rings. The van der Waals surface area contributed by atoms with Gasteiger partial charge in [0.2, 0.25) is 0 Å². The van der Waals surface area contributed by atoms with Gasteiger partial charge in [0, 0.05) is 17.8 Å². The van der Waals surface area contributed by atoms with E-state index in [9.17, 15) is 4.79 Å². The molecule has 0 unspecified atom stereocenters. The largest absolute Gasteiger partial charge is 0.345 e. The van der Waals surface area contributed by atoms with Crippen LogP contribution in [0.1, 0.15) is 21.7 Å². The molecule has 6 nitrogen and oxygen atoms in total. The summed E-state index contributed by atoms with van der Waals surface area (Å²) in [7, 11) is 0. The molecule has 2 aromatic heterocycles. The van der Waals surface area contributed by atoms with Crippen molar-refractivity contribution in [3.8, 4) is 0 Å². The van der Waals surface area contributed by atoms with E-state index in [0.29, 0.717) is 18.8 Å². The second kappa shape index (κ2) is 7.14. The Labute approximate surface area is 150 Å². The third-order valence-corrected chi connectivity index (χ3v) is 4.12. The summed E-state index contributed by atoms with van der Waals surface area (Å²) in [5, 5.41) is 8.61. The predicted octanol–water partition coefficient (Wildman–Crippen LogP) is 2.80. The summed E-state index contributed by atoms with van der Waals surface area (Å²) in [6.45, 7) is 1.01. The van der Waals surface area contributed by atoms with Crippen molar-refractivity contribution in [2.24, 2.45) is 0 Å². The van der Waals surface area contributed by atoms with Crippen molar-refractivity contribution in [2.75, 3.05) is 0 Å². The Hall–Kier alpha value is -3.54. The highest BCUT2D eigenvalue weighted by molar-refractivity contribution is 5.92. The van der Waals surface area contributed by atoms with Crippen LogP contribution in [0.2, 0.25) is 0 Å². The smallest absolute Gasteiger partial charge is 0.271 e. The van der Waals surface area contributed by atoms with Crippen LogP contribution >= 0.6 is 0 Å². The molecule has 0 fully saturated rings. The number of hydrogen-bond donors (Lipinski definition) is 1. The number of rotatable bonds is 5. The first-order valence-electron chi connectivity index (χ1n) is 8.34. The number of benzene rings is 2.